The summed E-state index contributed by atoms with van der Waals surface area (Å²) in [4.78, 5) is 0. The molecule has 2 aliphatic carbocycles. The lowest BCUT2D eigenvalue weighted by molar-refractivity contribution is 0.640. The highest BCUT2D eigenvalue weighted by molar-refractivity contribution is 5.90. The summed E-state index contributed by atoms with van der Waals surface area (Å²) in [7, 11) is 0. The van der Waals surface area contributed by atoms with Gasteiger partial charge in [-0.25, -0.2) is 0 Å². The van der Waals surface area contributed by atoms with Crippen molar-refractivity contribution >= 4 is 5.57 Å². The topological polar surface area (TPSA) is 0 Å². The van der Waals surface area contributed by atoms with E-state index in [1.54, 1.807) is 0 Å². The molecule has 0 heterocycles. The molecular formula is C17H20. The summed E-state index contributed by atoms with van der Waals surface area (Å²) in [5.41, 5.74) is 7.54. The first-order chi connectivity index (χ1) is 8.00. The molecule has 3 rings (SSSR count). The minimum atomic E-state index is 0.189. The van der Waals surface area contributed by atoms with Gasteiger partial charge < -0.3 is 0 Å². The zero-order valence-corrected chi connectivity index (χ0v) is 11.2. The Labute approximate surface area is 104 Å². The van der Waals surface area contributed by atoms with E-state index in [0.717, 1.165) is 0 Å². The van der Waals surface area contributed by atoms with Crippen LogP contribution in [0.1, 0.15) is 43.9 Å². The fourth-order valence-electron chi connectivity index (χ4n) is 3.25. The first-order valence-electron chi connectivity index (χ1n) is 6.54. The van der Waals surface area contributed by atoms with Crippen LogP contribution < -0.4 is 0 Å². The van der Waals surface area contributed by atoms with E-state index in [2.05, 4.69) is 58.0 Å². The highest BCUT2D eigenvalue weighted by atomic mass is 14.4. The highest BCUT2D eigenvalue weighted by Crippen LogP contribution is 2.51. The van der Waals surface area contributed by atoms with Crippen molar-refractivity contribution in [3.05, 3.63) is 52.6 Å². The van der Waals surface area contributed by atoms with Crippen LogP contribution >= 0.6 is 0 Å². The molecule has 1 unspecified atom stereocenters. The molecule has 0 N–H and O–H groups in total. The van der Waals surface area contributed by atoms with Crippen LogP contribution in [0.2, 0.25) is 0 Å². The molecule has 17 heavy (non-hydrogen) atoms. The van der Waals surface area contributed by atoms with Crippen molar-refractivity contribution in [1.29, 1.82) is 0 Å². The van der Waals surface area contributed by atoms with Crippen molar-refractivity contribution < 1.29 is 0 Å². The molecule has 88 valence electrons. The summed E-state index contributed by atoms with van der Waals surface area (Å²) in [6.45, 7) is 9.19. The Morgan fingerprint density at radius 1 is 1.24 bits per heavy atom. The average molecular weight is 224 g/mol. The quantitative estimate of drug-likeness (QED) is 0.602. The first kappa shape index (κ1) is 10.8. The fourth-order valence-corrected chi connectivity index (χ4v) is 3.25. The summed E-state index contributed by atoms with van der Waals surface area (Å²) in [6.07, 6.45) is 6.10. The molecule has 0 aromatic heterocycles. The minimum absolute atomic E-state index is 0.189. The van der Waals surface area contributed by atoms with Crippen LogP contribution in [0.4, 0.5) is 0 Å². The third-order valence-corrected chi connectivity index (χ3v) is 4.25. The molecule has 0 aliphatic heterocycles. The van der Waals surface area contributed by atoms with Gasteiger partial charge in [-0.15, -0.1) is 0 Å². The van der Waals surface area contributed by atoms with Gasteiger partial charge in [0.2, 0.25) is 0 Å². The number of rotatable bonds is 0. The monoisotopic (exact) mass is 224 g/mol. The van der Waals surface area contributed by atoms with Crippen molar-refractivity contribution in [1.82, 2.24) is 0 Å². The largest absolute Gasteiger partial charge is 0.0792 e. The summed E-state index contributed by atoms with van der Waals surface area (Å²) in [5, 5.41) is 0. The molecule has 0 spiro atoms. The standard InChI is InChI=1S/C17H20/c1-11-5-7-15-13(9-11)14-10-12(2)6-8-16(14)17(15,3)4/h5,7-10,12H,6H2,1-4H3. The van der Waals surface area contributed by atoms with Crippen molar-refractivity contribution in [3.63, 3.8) is 0 Å². The number of allylic oxidation sites excluding steroid dienone is 4. The summed E-state index contributed by atoms with van der Waals surface area (Å²) in [5.74, 6) is 0.677. The molecule has 0 bridgehead atoms. The van der Waals surface area contributed by atoms with E-state index in [1.165, 1.54) is 34.3 Å². The van der Waals surface area contributed by atoms with Gasteiger partial charge in [-0.2, -0.15) is 0 Å². The fraction of sp³-hybridized carbons (Fsp3) is 0.412. The highest BCUT2D eigenvalue weighted by Gasteiger charge is 2.38. The van der Waals surface area contributed by atoms with Crippen LogP contribution in [0.5, 0.6) is 0 Å². The minimum Gasteiger partial charge on any atom is -0.0792 e. The first-order valence-corrected chi connectivity index (χ1v) is 6.54. The zero-order chi connectivity index (χ0) is 12.2. The number of hydrogen-bond donors (Lipinski definition) is 0. The predicted molar refractivity (Wildman–Crippen MR) is 74.0 cm³/mol. The average Bonchev–Trinajstić information content (AvgIpc) is 2.47. The number of hydrogen-bond acceptors (Lipinski definition) is 0. The lowest BCUT2D eigenvalue weighted by atomic mass is 9.79. The van der Waals surface area contributed by atoms with Crippen LogP contribution in [0.15, 0.2) is 35.9 Å². The van der Waals surface area contributed by atoms with E-state index in [1.807, 2.05) is 0 Å². The van der Waals surface area contributed by atoms with Gasteiger partial charge in [-0.1, -0.05) is 56.7 Å². The Morgan fingerprint density at radius 2 is 2.00 bits per heavy atom. The number of aryl methyl sites for hydroxylation is 1. The van der Waals surface area contributed by atoms with Gasteiger partial charge in [-0.05, 0) is 41.5 Å². The van der Waals surface area contributed by atoms with Gasteiger partial charge in [0.15, 0.2) is 0 Å². The van der Waals surface area contributed by atoms with E-state index < -0.39 is 0 Å². The molecule has 0 saturated carbocycles. The third-order valence-electron chi connectivity index (χ3n) is 4.25. The second-order valence-corrected chi connectivity index (χ2v) is 6.09. The summed E-state index contributed by atoms with van der Waals surface area (Å²) < 4.78 is 0. The van der Waals surface area contributed by atoms with Crippen molar-refractivity contribution in [2.75, 3.05) is 0 Å². The Hall–Kier alpha value is -1.30. The molecule has 0 amide bonds. The van der Waals surface area contributed by atoms with E-state index in [9.17, 15) is 0 Å². The molecular weight excluding hydrogens is 204 g/mol. The number of benzene rings is 1. The Balaban J connectivity index is 2.29. The maximum atomic E-state index is 2.46. The second kappa shape index (κ2) is 3.35. The van der Waals surface area contributed by atoms with Gasteiger partial charge >= 0.3 is 0 Å². The summed E-state index contributed by atoms with van der Waals surface area (Å²) in [6, 6.07) is 6.90. The lowest BCUT2D eigenvalue weighted by Crippen LogP contribution is -2.16. The maximum Gasteiger partial charge on any atom is 0.0155 e. The molecule has 0 nitrogen and oxygen atoms in total. The van der Waals surface area contributed by atoms with Crippen molar-refractivity contribution in [3.8, 4) is 0 Å². The maximum absolute atomic E-state index is 2.46. The SMILES string of the molecule is Cc1ccc2c(c1)C1=CC(C)CC=C1C2(C)C. The van der Waals surface area contributed by atoms with Gasteiger partial charge in [-0.3, -0.25) is 0 Å². The van der Waals surface area contributed by atoms with Gasteiger partial charge in [0.1, 0.15) is 0 Å². The van der Waals surface area contributed by atoms with Crippen molar-refractivity contribution in [2.24, 2.45) is 5.92 Å². The lowest BCUT2D eigenvalue weighted by Gasteiger charge is -2.24. The van der Waals surface area contributed by atoms with Crippen LogP contribution in [0.25, 0.3) is 5.57 Å². The molecule has 1 aromatic carbocycles. The van der Waals surface area contributed by atoms with Crippen molar-refractivity contribution in [2.45, 2.75) is 39.5 Å². The van der Waals surface area contributed by atoms with Gasteiger partial charge in [0.05, 0.1) is 0 Å². The Kier molecular flexibility index (Phi) is 2.13. The normalized spacial score (nSPS) is 24.8. The van der Waals surface area contributed by atoms with Gasteiger partial charge in [0, 0.05) is 5.41 Å². The van der Waals surface area contributed by atoms with Gasteiger partial charge in [0.25, 0.3) is 0 Å². The Morgan fingerprint density at radius 3 is 2.76 bits per heavy atom. The molecule has 0 saturated heterocycles. The van der Waals surface area contributed by atoms with Crippen LogP contribution in [0, 0.1) is 12.8 Å². The van der Waals surface area contributed by atoms with Crippen LogP contribution in [-0.2, 0) is 5.41 Å². The molecule has 1 aromatic rings. The van der Waals surface area contributed by atoms with E-state index >= 15 is 0 Å². The molecule has 0 heteroatoms. The van der Waals surface area contributed by atoms with Crippen LogP contribution in [0.3, 0.4) is 0 Å². The van der Waals surface area contributed by atoms with E-state index in [-0.39, 0.29) is 5.41 Å². The summed E-state index contributed by atoms with van der Waals surface area (Å²) >= 11 is 0. The van der Waals surface area contributed by atoms with Crippen LogP contribution in [-0.4, -0.2) is 0 Å². The third kappa shape index (κ3) is 1.43. The number of fused-ring (bicyclic) bond motifs is 3. The molecule has 1 atom stereocenters. The predicted octanol–water partition coefficient (Wildman–Crippen LogP) is 4.64. The molecule has 0 fully saturated rings. The smallest absolute Gasteiger partial charge is 0.0155 e. The Bertz CT molecular complexity index is 541. The zero-order valence-electron chi connectivity index (χ0n) is 11.2. The second-order valence-electron chi connectivity index (χ2n) is 6.09. The van der Waals surface area contributed by atoms with E-state index in [0.29, 0.717) is 5.92 Å². The van der Waals surface area contributed by atoms with E-state index in [4.69, 9.17) is 0 Å². The molecule has 2 aliphatic rings. The molecule has 0 radical (unpaired) electrons.